The van der Waals surface area contributed by atoms with Gasteiger partial charge in [0.2, 0.25) is 0 Å². The Balaban J connectivity index is 1.60. The molecule has 0 saturated carbocycles. The monoisotopic (exact) mass is 495 g/mol. The maximum atomic E-state index is 13.4. The predicted molar refractivity (Wildman–Crippen MR) is 142 cm³/mol. The highest BCUT2D eigenvalue weighted by atomic mass is 28.4. The van der Waals surface area contributed by atoms with E-state index in [2.05, 4.69) is 45.0 Å². The third kappa shape index (κ3) is 3.92. The van der Waals surface area contributed by atoms with Crippen LogP contribution >= 0.6 is 0 Å². The van der Waals surface area contributed by atoms with Crippen LogP contribution in [0, 0.1) is 0 Å². The average molecular weight is 496 g/mol. The molecule has 3 aromatic carbocycles. The number of nitrogens with zero attached hydrogens (tertiary/aromatic N) is 1. The molecule has 2 heterocycles. The molecular formula is C30H29NO4Si. The van der Waals surface area contributed by atoms with Crippen molar-refractivity contribution in [1.82, 2.24) is 4.90 Å². The highest BCUT2D eigenvalue weighted by Gasteiger charge is 2.51. The molecular weight excluding hydrogens is 466 g/mol. The van der Waals surface area contributed by atoms with Gasteiger partial charge in [-0.3, -0.25) is 14.5 Å². The van der Waals surface area contributed by atoms with E-state index < -0.39 is 14.4 Å². The van der Waals surface area contributed by atoms with Crippen LogP contribution in [-0.4, -0.2) is 31.6 Å². The molecule has 4 aromatic rings. The van der Waals surface area contributed by atoms with Gasteiger partial charge in [0.05, 0.1) is 24.0 Å². The molecule has 0 saturated heterocycles. The summed E-state index contributed by atoms with van der Waals surface area (Å²) < 4.78 is 12.8. The summed E-state index contributed by atoms with van der Waals surface area (Å²) in [5.41, 5.74) is 0.814. The van der Waals surface area contributed by atoms with Crippen LogP contribution < -0.4 is 10.4 Å². The Labute approximate surface area is 212 Å². The van der Waals surface area contributed by atoms with Crippen LogP contribution in [0.5, 0.6) is 0 Å². The van der Waals surface area contributed by atoms with Gasteiger partial charge in [-0.2, -0.15) is 0 Å². The van der Waals surface area contributed by atoms with Crippen molar-refractivity contribution < 1.29 is 18.4 Å². The van der Waals surface area contributed by atoms with E-state index in [0.29, 0.717) is 16.9 Å². The standard InChI is InChI=1S/C30H29NO4Si/c1-30(2,3)36(22-13-6-4-7-14-22,23-15-8-5-9-16-23)35-21-26(27-19-12-20-34-27)31-28(32)24-17-10-11-18-25(24)29(31)33/h4-20,26H,21H2,1-3H3/t26-/m0/s1. The molecule has 0 radical (unpaired) electrons. The molecule has 0 bridgehead atoms. The molecule has 1 atom stereocenters. The Morgan fingerprint density at radius 2 is 1.25 bits per heavy atom. The SMILES string of the molecule is CC(C)(C)[Si](OC[C@@H](c1ccco1)N1C(=O)c2ccccc2C1=O)(c1ccccc1)c1ccccc1. The van der Waals surface area contributed by atoms with Crippen molar-refractivity contribution in [2.24, 2.45) is 0 Å². The van der Waals surface area contributed by atoms with Crippen LogP contribution in [0.3, 0.4) is 0 Å². The van der Waals surface area contributed by atoms with E-state index in [0.717, 1.165) is 10.4 Å². The van der Waals surface area contributed by atoms with Crippen LogP contribution in [0.2, 0.25) is 5.04 Å². The molecule has 2 amide bonds. The first kappa shape index (κ1) is 24.0. The topological polar surface area (TPSA) is 59.8 Å². The van der Waals surface area contributed by atoms with E-state index in [-0.39, 0.29) is 23.5 Å². The molecule has 0 spiro atoms. The van der Waals surface area contributed by atoms with Gasteiger partial charge < -0.3 is 8.84 Å². The van der Waals surface area contributed by atoms with Gasteiger partial charge in [0.25, 0.3) is 20.1 Å². The van der Waals surface area contributed by atoms with Gasteiger partial charge in [0.1, 0.15) is 11.8 Å². The first-order chi connectivity index (χ1) is 17.3. The van der Waals surface area contributed by atoms with Crippen molar-refractivity contribution in [1.29, 1.82) is 0 Å². The van der Waals surface area contributed by atoms with Crippen molar-refractivity contribution >= 4 is 30.5 Å². The Morgan fingerprint density at radius 3 is 1.69 bits per heavy atom. The van der Waals surface area contributed by atoms with E-state index in [4.69, 9.17) is 8.84 Å². The van der Waals surface area contributed by atoms with Gasteiger partial charge in [-0.15, -0.1) is 0 Å². The minimum absolute atomic E-state index is 0.117. The Bertz CT molecular complexity index is 1290. The van der Waals surface area contributed by atoms with E-state index >= 15 is 0 Å². The zero-order valence-corrected chi connectivity index (χ0v) is 21.7. The molecule has 5 rings (SSSR count). The second-order valence-electron chi connectivity index (χ2n) is 10.0. The van der Waals surface area contributed by atoms with Gasteiger partial charge in [-0.05, 0) is 39.7 Å². The van der Waals surface area contributed by atoms with E-state index in [9.17, 15) is 9.59 Å². The lowest BCUT2D eigenvalue weighted by Gasteiger charge is -2.44. The van der Waals surface area contributed by atoms with Crippen LogP contribution in [0.15, 0.2) is 108 Å². The summed E-state index contributed by atoms with van der Waals surface area (Å²) in [6.45, 7) is 6.71. The minimum Gasteiger partial charge on any atom is -0.467 e. The van der Waals surface area contributed by atoms with Gasteiger partial charge in [-0.25, -0.2) is 0 Å². The summed E-state index contributed by atoms with van der Waals surface area (Å²) in [6, 6.07) is 30.4. The zero-order chi connectivity index (χ0) is 25.3. The number of rotatable bonds is 7. The van der Waals surface area contributed by atoms with Crippen LogP contribution in [0.25, 0.3) is 0 Å². The van der Waals surface area contributed by atoms with Crippen molar-refractivity contribution in [2.75, 3.05) is 6.61 Å². The number of benzene rings is 3. The van der Waals surface area contributed by atoms with Crippen LogP contribution in [0.4, 0.5) is 0 Å². The highest BCUT2D eigenvalue weighted by molar-refractivity contribution is 6.99. The second kappa shape index (κ2) is 9.37. The Morgan fingerprint density at radius 1 is 0.750 bits per heavy atom. The van der Waals surface area contributed by atoms with Gasteiger partial charge in [0.15, 0.2) is 0 Å². The lowest BCUT2D eigenvalue weighted by atomic mass is 10.1. The van der Waals surface area contributed by atoms with Crippen molar-refractivity contribution in [2.45, 2.75) is 31.9 Å². The van der Waals surface area contributed by atoms with E-state index in [1.54, 1.807) is 42.7 Å². The van der Waals surface area contributed by atoms with Crippen LogP contribution in [-0.2, 0) is 4.43 Å². The third-order valence-electron chi connectivity index (χ3n) is 6.88. The molecule has 6 heteroatoms. The van der Waals surface area contributed by atoms with Gasteiger partial charge in [0, 0.05) is 0 Å². The number of hydrogen-bond acceptors (Lipinski definition) is 4. The molecule has 1 aliphatic rings. The average Bonchev–Trinajstić information content (AvgIpc) is 3.50. The number of hydrogen-bond donors (Lipinski definition) is 0. The van der Waals surface area contributed by atoms with E-state index in [1.165, 1.54) is 4.90 Å². The summed E-state index contributed by atoms with van der Waals surface area (Å²) in [4.78, 5) is 28.1. The first-order valence-electron chi connectivity index (χ1n) is 12.1. The highest BCUT2D eigenvalue weighted by Crippen LogP contribution is 2.39. The molecule has 0 unspecified atom stereocenters. The Hall–Kier alpha value is -3.74. The number of imide groups is 1. The van der Waals surface area contributed by atoms with Crippen molar-refractivity contribution in [3.05, 3.63) is 120 Å². The molecule has 5 nitrogen and oxygen atoms in total. The van der Waals surface area contributed by atoms with Crippen molar-refractivity contribution in [3.8, 4) is 0 Å². The number of fused-ring (bicyclic) bond motifs is 1. The summed E-state index contributed by atoms with van der Waals surface area (Å²) >= 11 is 0. The molecule has 36 heavy (non-hydrogen) atoms. The number of carbonyl (C=O) groups is 2. The van der Waals surface area contributed by atoms with Crippen molar-refractivity contribution in [3.63, 3.8) is 0 Å². The zero-order valence-electron chi connectivity index (χ0n) is 20.7. The molecule has 182 valence electrons. The fourth-order valence-electron chi connectivity index (χ4n) is 5.22. The smallest absolute Gasteiger partial charge is 0.262 e. The Kier molecular flexibility index (Phi) is 6.24. The van der Waals surface area contributed by atoms with Gasteiger partial charge in [-0.1, -0.05) is 93.6 Å². The summed E-state index contributed by atoms with van der Waals surface area (Å²) in [7, 11) is -2.89. The fourth-order valence-corrected chi connectivity index (χ4v) is 9.78. The van der Waals surface area contributed by atoms with E-state index in [1.807, 2.05) is 36.4 Å². The van der Waals surface area contributed by atoms with Crippen LogP contribution in [0.1, 0.15) is 53.3 Å². The lowest BCUT2D eigenvalue weighted by molar-refractivity contribution is 0.0496. The lowest BCUT2D eigenvalue weighted by Crippen LogP contribution is -2.67. The quantitative estimate of drug-likeness (QED) is 0.261. The largest absolute Gasteiger partial charge is 0.467 e. The number of carbonyl (C=O) groups excluding carboxylic acids is 2. The second-order valence-corrected chi connectivity index (χ2v) is 14.3. The maximum absolute atomic E-state index is 13.4. The molecule has 0 aliphatic carbocycles. The normalized spacial score (nSPS) is 14.7. The maximum Gasteiger partial charge on any atom is 0.262 e. The molecule has 0 fully saturated rings. The molecule has 1 aromatic heterocycles. The predicted octanol–water partition coefficient (Wildman–Crippen LogP) is 5.19. The molecule has 0 N–H and O–H groups in total. The minimum atomic E-state index is -2.89. The summed E-state index contributed by atoms with van der Waals surface area (Å²) in [6.07, 6.45) is 1.56. The number of furan rings is 1. The third-order valence-corrected chi connectivity index (χ3v) is 11.9. The summed E-state index contributed by atoms with van der Waals surface area (Å²) in [5, 5.41) is 2.01. The van der Waals surface area contributed by atoms with Gasteiger partial charge >= 0.3 is 0 Å². The fraction of sp³-hybridized carbons (Fsp3) is 0.200. The molecule has 1 aliphatic heterocycles. The summed E-state index contributed by atoms with van der Waals surface area (Å²) in [5.74, 6) is -0.145. The first-order valence-corrected chi connectivity index (χ1v) is 14.0. The number of amides is 2.